The first-order valence-corrected chi connectivity index (χ1v) is 11.2. The lowest BCUT2D eigenvalue weighted by Gasteiger charge is -2.27. The molecule has 0 unspecified atom stereocenters. The molecular formula is C23H30ClN5O2. The largest absolute Gasteiger partial charge is 0.353 e. The van der Waals surface area contributed by atoms with Gasteiger partial charge in [-0.3, -0.25) is 9.59 Å². The molecule has 1 aliphatic heterocycles. The van der Waals surface area contributed by atoms with Gasteiger partial charge in [-0.25, -0.2) is 0 Å². The molecule has 166 valence electrons. The molecule has 0 saturated carbocycles. The van der Waals surface area contributed by atoms with Crippen LogP contribution in [-0.4, -0.2) is 71.1 Å². The van der Waals surface area contributed by atoms with Gasteiger partial charge in [-0.1, -0.05) is 43.6 Å². The second-order valence-corrected chi connectivity index (χ2v) is 8.39. The Kier molecular flexibility index (Phi) is 7.85. The molecule has 0 spiro atoms. The Labute approximate surface area is 189 Å². The summed E-state index contributed by atoms with van der Waals surface area (Å²) < 4.78 is 0. The maximum absolute atomic E-state index is 12.8. The van der Waals surface area contributed by atoms with Crippen LogP contribution in [0, 0.1) is 5.92 Å². The van der Waals surface area contributed by atoms with Crippen molar-refractivity contribution in [2.75, 3.05) is 44.2 Å². The molecule has 0 aliphatic carbocycles. The Morgan fingerprint density at radius 3 is 2.48 bits per heavy atom. The second kappa shape index (κ2) is 10.6. The van der Waals surface area contributed by atoms with E-state index in [0.717, 1.165) is 30.0 Å². The van der Waals surface area contributed by atoms with Crippen LogP contribution in [-0.2, 0) is 9.59 Å². The van der Waals surface area contributed by atoms with E-state index in [1.54, 1.807) is 4.90 Å². The maximum Gasteiger partial charge on any atom is 0.242 e. The molecule has 0 atom stereocenters. The van der Waals surface area contributed by atoms with Crippen LogP contribution >= 0.6 is 11.6 Å². The number of rotatable bonds is 6. The molecule has 1 aliphatic rings. The number of halogens is 1. The van der Waals surface area contributed by atoms with E-state index < -0.39 is 0 Å². The lowest BCUT2D eigenvalue weighted by atomic mass is 10.1. The molecule has 2 heterocycles. The predicted molar refractivity (Wildman–Crippen MR) is 123 cm³/mol. The van der Waals surface area contributed by atoms with Gasteiger partial charge >= 0.3 is 0 Å². The molecule has 1 aromatic heterocycles. The molecule has 2 amide bonds. The first kappa shape index (κ1) is 23.0. The molecule has 2 aromatic rings. The van der Waals surface area contributed by atoms with Gasteiger partial charge in [0.1, 0.15) is 0 Å². The Balaban J connectivity index is 1.61. The summed E-state index contributed by atoms with van der Waals surface area (Å²) >= 11 is 6.26. The fraction of sp³-hybridized carbons (Fsp3) is 0.478. The van der Waals surface area contributed by atoms with Crippen molar-refractivity contribution >= 4 is 29.2 Å². The van der Waals surface area contributed by atoms with Gasteiger partial charge in [-0.15, -0.1) is 10.2 Å². The highest BCUT2D eigenvalue weighted by Crippen LogP contribution is 2.26. The van der Waals surface area contributed by atoms with Crippen molar-refractivity contribution in [3.8, 4) is 11.3 Å². The Hall–Kier alpha value is -2.67. The van der Waals surface area contributed by atoms with Crippen molar-refractivity contribution in [2.24, 2.45) is 5.92 Å². The van der Waals surface area contributed by atoms with Gasteiger partial charge in [-0.2, -0.15) is 0 Å². The Morgan fingerprint density at radius 1 is 1.06 bits per heavy atom. The van der Waals surface area contributed by atoms with Crippen LogP contribution in [0.1, 0.15) is 27.2 Å². The number of anilines is 1. The van der Waals surface area contributed by atoms with E-state index in [9.17, 15) is 9.59 Å². The van der Waals surface area contributed by atoms with E-state index in [1.165, 1.54) is 0 Å². The molecule has 1 aromatic carbocycles. The van der Waals surface area contributed by atoms with Crippen LogP contribution in [0.3, 0.4) is 0 Å². The second-order valence-electron chi connectivity index (χ2n) is 7.99. The van der Waals surface area contributed by atoms with Crippen LogP contribution in [0.25, 0.3) is 11.3 Å². The standard InChI is InChI=1S/C23H30ClN5O2/c1-4-27(23(31)17(2)3)16-22(30)29-13-7-12-28(14-15-29)21-11-10-20(25-26-21)18-8-5-6-9-19(18)24/h5-6,8-11,17H,4,7,12-16H2,1-3H3. The molecular weight excluding hydrogens is 414 g/mol. The topological polar surface area (TPSA) is 69.6 Å². The summed E-state index contributed by atoms with van der Waals surface area (Å²) in [6.45, 7) is 9.05. The van der Waals surface area contributed by atoms with Gasteiger partial charge in [-0.05, 0) is 31.5 Å². The fourth-order valence-electron chi connectivity index (χ4n) is 3.68. The third kappa shape index (κ3) is 5.73. The highest BCUT2D eigenvalue weighted by Gasteiger charge is 2.24. The zero-order valence-electron chi connectivity index (χ0n) is 18.4. The van der Waals surface area contributed by atoms with Crippen LogP contribution in [0.2, 0.25) is 5.02 Å². The lowest BCUT2D eigenvalue weighted by Crippen LogP contribution is -2.45. The minimum Gasteiger partial charge on any atom is -0.353 e. The number of likely N-dealkylation sites (N-methyl/N-ethyl adjacent to an activating group) is 1. The summed E-state index contributed by atoms with van der Waals surface area (Å²) in [6.07, 6.45) is 0.837. The molecule has 0 bridgehead atoms. The molecule has 0 N–H and O–H groups in total. The third-order valence-corrected chi connectivity index (χ3v) is 5.82. The van der Waals surface area contributed by atoms with Gasteiger partial charge < -0.3 is 14.7 Å². The zero-order valence-corrected chi connectivity index (χ0v) is 19.2. The van der Waals surface area contributed by atoms with Crippen molar-refractivity contribution in [3.63, 3.8) is 0 Å². The molecule has 1 fully saturated rings. The van der Waals surface area contributed by atoms with Crippen molar-refractivity contribution < 1.29 is 9.59 Å². The average molecular weight is 444 g/mol. The van der Waals surface area contributed by atoms with Crippen LogP contribution in [0.15, 0.2) is 36.4 Å². The van der Waals surface area contributed by atoms with E-state index in [1.807, 2.05) is 62.1 Å². The highest BCUT2D eigenvalue weighted by atomic mass is 35.5. The first-order chi connectivity index (χ1) is 14.9. The van der Waals surface area contributed by atoms with Gasteiger partial charge in [0.25, 0.3) is 0 Å². The van der Waals surface area contributed by atoms with E-state index in [-0.39, 0.29) is 24.3 Å². The monoisotopic (exact) mass is 443 g/mol. The number of hydrogen-bond acceptors (Lipinski definition) is 5. The molecule has 7 nitrogen and oxygen atoms in total. The minimum absolute atomic E-state index is 0.00199. The minimum atomic E-state index is -0.111. The molecule has 1 saturated heterocycles. The van der Waals surface area contributed by atoms with E-state index in [0.29, 0.717) is 31.2 Å². The lowest BCUT2D eigenvalue weighted by molar-refractivity contribution is -0.142. The van der Waals surface area contributed by atoms with Gasteiger partial charge in [0, 0.05) is 44.2 Å². The quantitative estimate of drug-likeness (QED) is 0.684. The van der Waals surface area contributed by atoms with E-state index in [2.05, 4.69) is 15.1 Å². The van der Waals surface area contributed by atoms with Crippen LogP contribution in [0.4, 0.5) is 5.82 Å². The fourth-order valence-corrected chi connectivity index (χ4v) is 3.91. The highest BCUT2D eigenvalue weighted by molar-refractivity contribution is 6.33. The smallest absolute Gasteiger partial charge is 0.242 e. The van der Waals surface area contributed by atoms with Gasteiger partial charge in [0.15, 0.2) is 5.82 Å². The maximum atomic E-state index is 12.8. The number of benzene rings is 1. The third-order valence-electron chi connectivity index (χ3n) is 5.49. The Bertz CT molecular complexity index is 903. The number of amides is 2. The summed E-state index contributed by atoms with van der Waals surface area (Å²) in [5, 5.41) is 9.40. The van der Waals surface area contributed by atoms with Crippen LogP contribution in [0.5, 0.6) is 0 Å². The van der Waals surface area contributed by atoms with E-state index in [4.69, 9.17) is 11.6 Å². The summed E-state index contributed by atoms with van der Waals surface area (Å²) in [5.74, 6) is 0.689. The summed E-state index contributed by atoms with van der Waals surface area (Å²) in [4.78, 5) is 30.7. The van der Waals surface area contributed by atoms with E-state index >= 15 is 0 Å². The van der Waals surface area contributed by atoms with Crippen molar-refractivity contribution in [3.05, 3.63) is 41.4 Å². The number of nitrogens with zero attached hydrogens (tertiary/aromatic N) is 5. The average Bonchev–Trinajstić information content (AvgIpc) is 3.04. The summed E-state index contributed by atoms with van der Waals surface area (Å²) in [7, 11) is 0. The Morgan fingerprint density at radius 2 is 1.84 bits per heavy atom. The molecule has 0 radical (unpaired) electrons. The zero-order chi connectivity index (χ0) is 22.4. The number of carbonyl (C=O) groups excluding carboxylic acids is 2. The number of aromatic nitrogens is 2. The predicted octanol–water partition coefficient (Wildman–Crippen LogP) is 3.34. The normalized spacial score (nSPS) is 14.5. The van der Waals surface area contributed by atoms with Crippen molar-refractivity contribution in [1.29, 1.82) is 0 Å². The number of hydrogen-bond donors (Lipinski definition) is 0. The molecule has 8 heteroatoms. The van der Waals surface area contributed by atoms with Crippen molar-refractivity contribution in [2.45, 2.75) is 27.2 Å². The van der Waals surface area contributed by atoms with Gasteiger partial charge in [0.2, 0.25) is 11.8 Å². The van der Waals surface area contributed by atoms with Crippen molar-refractivity contribution in [1.82, 2.24) is 20.0 Å². The summed E-state index contributed by atoms with van der Waals surface area (Å²) in [6, 6.07) is 11.4. The summed E-state index contributed by atoms with van der Waals surface area (Å²) in [5.41, 5.74) is 1.59. The molecule has 31 heavy (non-hydrogen) atoms. The SMILES string of the molecule is CCN(CC(=O)N1CCCN(c2ccc(-c3ccccc3Cl)nn2)CC1)C(=O)C(C)C. The first-order valence-electron chi connectivity index (χ1n) is 10.8. The van der Waals surface area contributed by atoms with Crippen LogP contribution < -0.4 is 4.90 Å². The van der Waals surface area contributed by atoms with Gasteiger partial charge in [0.05, 0.1) is 17.3 Å². The molecule has 3 rings (SSSR count). The number of carbonyl (C=O) groups is 2.